The molecular weight excluding hydrogens is 279 g/mol. The standard InChI is InChI=1S/C9H7IN2O/c1-12-8-3-2-6(10)4-7(8)11-5-9(12)13/h2-5H,1H3. The number of fused-ring (bicyclic) bond motifs is 1. The molecule has 3 nitrogen and oxygen atoms in total. The van der Waals surface area contributed by atoms with Gasteiger partial charge in [0.25, 0.3) is 5.56 Å². The van der Waals surface area contributed by atoms with Crippen LogP contribution in [0, 0.1) is 3.57 Å². The molecule has 0 aliphatic rings. The lowest BCUT2D eigenvalue weighted by Crippen LogP contribution is -2.16. The number of halogens is 1. The van der Waals surface area contributed by atoms with Gasteiger partial charge in [0.1, 0.15) is 0 Å². The van der Waals surface area contributed by atoms with Crippen molar-refractivity contribution in [3.8, 4) is 0 Å². The van der Waals surface area contributed by atoms with Gasteiger partial charge in [0.2, 0.25) is 0 Å². The smallest absolute Gasteiger partial charge is 0.269 e. The molecule has 0 aliphatic carbocycles. The summed E-state index contributed by atoms with van der Waals surface area (Å²) in [6, 6.07) is 5.82. The second-order valence-electron chi connectivity index (χ2n) is 2.79. The lowest BCUT2D eigenvalue weighted by Gasteiger charge is -2.02. The molecule has 13 heavy (non-hydrogen) atoms. The number of rotatable bonds is 0. The highest BCUT2D eigenvalue weighted by atomic mass is 127. The quantitative estimate of drug-likeness (QED) is 0.689. The van der Waals surface area contributed by atoms with Gasteiger partial charge in [-0.15, -0.1) is 0 Å². The van der Waals surface area contributed by atoms with Gasteiger partial charge in [0.05, 0.1) is 17.2 Å². The molecule has 0 bridgehead atoms. The second-order valence-corrected chi connectivity index (χ2v) is 4.03. The Kier molecular flexibility index (Phi) is 2.07. The van der Waals surface area contributed by atoms with Gasteiger partial charge < -0.3 is 4.57 Å². The van der Waals surface area contributed by atoms with E-state index in [1.54, 1.807) is 11.6 Å². The predicted octanol–water partition coefficient (Wildman–Crippen LogP) is 1.54. The Bertz CT molecular complexity index is 518. The van der Waals surface area contributed by atoms with Crippen LogP contribution in [0.15, 0.2) is 29.2 Å². The highest BCUT2D eigenvalue weighted by molar-refractivity contribution is 14.1. The van der Waals surface area contributed by atoms with Gasteiger partial charge in [-0.1, -0.05) is 0 Å². The Morgan fingerprint density at radius 1 is 1.46 bits per heavy atom. The summed E-state index contributed by atoms with van der Waals surface area (Å²) in [6.07, 6.45) is 1.35. The molecule has 0 N–H and O–H groups in total. The summed E-state index contributed by atoms with van der Waals surface area (Å²) in [7, 11) is 1.75. The van der Waals surface area contributed by atoms with Crippen molar-refractivity contribution in [1.82, 2.24) is 9.55 Å². The largest absolute Gasteiger partial charge is 0.309 e. The van der Waals surface area contributed by atoms with Crippen LogP contribution in [0.2, 0.25) is 0 Å². The molecule has 0 fully saturated rings. The van der Waals surface area contributed by atoms with Crippen LogP contribution in [0.1, 0.15) is 0 Å². The van der Waals surface area contributed by atoms with Crippen molar-refractivity contribution in [3.05, 3.63) is 38.3 Å². The lowest BCUT2D eigenvalue weighted by molar-refractivity contribution is 0.891. The summed E-state index contributed by atoms with van der Waals surface area (Å²) in [5.41, 5.74) is 1.65. The Labute approximate surface area is 88.6 Å². The molecule has 1 aromatic carbocycles. The van der Waals surface area contributed by atoms with E-state index in [4.69, 9.17) is 0 Å². The van der Waals surface area contributed by atoms with Gasteiger partial charge >= 0.3 is 0 Å². The number of nitrogens with zero attached hydrogens (tertiary/aromatic N) is 2. The van der Waals surface area contributed by atoms with Crippen molar-refractivity contribution < 1.29 is 0 Å². The maximum absolute atomic E-state index is 11.2. The van der Waals surface area contributed by atoms with Crippen LogP contribution in [-0.2, 0) is 7.05 Å². The fourth-order valence-electron chi connectivity index (χ4n) is 1.21. The third-order valence-electron chi connectivity index (χ3n) is 1.94. The molecule has 0 spiro atoms. The minimum Gasteiger partial charge on any atom is -0.309 e. The van der Waals surface area contributed by atoms with Crippen LogP contribution in [-0.4, -0.2) is 9.55 Å². The third kappa shape index (κ3) is 1.46. The van der Waals surface area contributed by atoms with Crippen molar-refractivity contribution in [3.63, 3.8) is 0 Å². The fraction of sp³-hybridized carbons (Fsp3) is 0.111. The van der Waals surface area contributed by atoms with E-state index >= 15 is 0 Å². The lowest BCUT2D eigenvalue weighted by atomic mass is 10.3. The summed E-state index contributed by atoms with van der Waals surface area (Å²) in [5, 5.41) is 0. The first-order valence-electron chi connectivity index (χ1n) is 3.80. The molecule has 0 unspecified atom stereocenters. The number of hydrogen-bond acceptors (Lipinski definition) is 2. The van der Waals surface area contributed by atoms with Crippen molar-refractivity contribution in [2.45, 2.75) is 0 Å². The molecular formula is C9H7IN2O. The number of aromatic nitrogens is 2. The minimum absolute atomic E-state index is 0.0753. The normalized spacial score (nSPS) is 10.6. The van der Waals surface area contributed by atoms with Crippen LogP contribution in [0.25, 0.3) is 11.0 Å². The maximum atomic E-state index is 11.2. The van der Waals surface area contributed by atoms with E-state index in [0.29, 0.717) is 0 Å². The van der Waals surface area contributed by atoms with E-state index in [2.05, 4.69) is 27.6 Å². The third-order valence-corrected chi connectivity index (χ3v) is 2.61. The van der Waals surface area contributed by atoms with Crippen LogP contribution >= 0.6 is 22.6 Å². The predicted molar refractivity (Wildman–Crippen MR) is 59.7 cm³/mol. The summed E-state index contributed by atoms with van der Waals surface area (Å²) in [5.74, 6) is 0. The zero-order chi connectivity index (χ0) is 9.42. The monoisotopic (exact) mass is 286 g/mol. The van der Waals surface area contributed by atoms with Gasteiger partial charge in [-0.25, -0.2) is 4.98 Å². The molecule has 0 aliphatic heterocycles. The highest BCUT2D eigenvalue weighted by Crippen LogP contribution is 2.12. The number of hydrogen-bond donors (Lipinski definition) is 0. The maximum Gasteiger partial charge on any atom is 0.269 e. The summed E-state index contributed by atoms with van der Waals surface area (Å²) >= 11 is 2.22. The molecule has 4 heteroatoms. The van der Waals surface area contributed by atoms with E-state index < -0.39 is 0 Å². The van der Waals surface area contributed by atoms with Gasteiger partial charge in [0, 0.05) is 10.6 Å². The van der Waals surface area contributed by atoms with E-state index in [9.17, 15) is 4.79 Å². The van der Waals surface area contributed by atoms with Gasteiger partial charge in [0.15, 0.2) is 0 Å². The van der Waals surface area contributed by atoms with Gasteiger partial charge in [-0.05, 0) is 40.8 Å². The Balaban J connectivity index is 2.95. The summed E-state index contributed by atoms with van der Waals surface area (Å²) in [6.45, 7) is 0. The first-order valence-corrected chi connectivity index (χ1v) is 4.87. The molecule has 0 amide bonds. The Morgan fingerprint density at radius 2 is 2.23 bits per heavy atom. The van der Waals surface area contributed by atoms with E-state index in [-0.39, 0.29) is 5.56 Å². The molecule has 0 saturated heterocycles. The van der Waals surface area contributed by atoms with Crippen molar-refractivity contribution >= 4 is 33.6 Å². The van der Waals surface area contributed by atoms with Crippen molar-refractivity contribution in [2.75, 3.05) is 0 Å². The topological polar surface area (TPSA) is 34.9 Å². The first-order chi connectivity index (χ1) is 6.18. The Morgan fingerprint density at radius 3 is 3.00 bits per heavy atom. The average molecular weight is 286 g/mol. The molecule has 2 aromatic rings. The average Bonchev–Trinajstić information content (AvgIpc) is 2.12. The molecule has 0 radical (unpaired) electrons. The van der Waals surface area contributed by atoms with Crippen LogP contribution < -0.4 is 5.56 Å². The molecule has 66 valence electrons. The summed E-state index contributed by atoms with van der Waals surface area (Å²) in [4.78, 5) is 15.3. The van der Waals surface area contributed by atoms with Crippen LogP contribution in [0.3, 0.4) is 0 Å². The van der Waals surface area contributed by atoms with E-state index in [1.807, 2.05) is 18.2 Å². The molecule has 0 saturated carbocycles. The molecule has 0 atom stereocenters. The van der Waals surface area contributed by atoms with E-state index in [1.165, 1.54) is 6.20 Å². The minimum atomic E-state index is -0.0753. The van der Waals surface area contributed by atoms with Crippen LogP contribution in [0.5, 0.6) is 0 Å². The van der Waals surface area contributed by atoms with Crippen LogP contribution in [0.4, 0.5) is 0 Å². The number of aryl methyl sites for hydroxylation is 1. The highest BCUT2D eigenvalue weighted by Gasteiger charge is 1.99. The zero-order valence-corrected chi connectivity index (χ0v) is 9.15. The summed E-state index contributed by atoms with van der Waals surface area (Å²) < 4.78 is 2.72. The van der Waals surface area contributed by atoms with Crippen molar-refractivity contribution in [2.24, 2.45) is 7.05 Å². The number of benzene rings is 1. The van der Waals surface area contributed by atoms with Gasteiger partial charge in [-0.2, -0.15) is 0 Å². The first kappa shape index (κ1) is 8.68. The van der Waals surface area contributed by atoms with Crippen molar-refractivity contribution in [1.29, 1.82) is 0 Å². The second kappa shape index (κ2) is 3.10. The van der Waals surface area contributed by atoms with Gasteiger partial charge in [-0.3, -0.25) is 4.79 Å². The zero-order valence-electron chi connectivity index (χ0n) is 6.99. The SMILES string of the molecule is Cn1c(=O)cnc2cc(I)ccc21. The van der Waals surface area contributed by atoms with E-state index in [0.717, 1.165) is 14.6 Å². The molecule has 1 heterocycles. The fourth-order valence-corrected chi connectivity index (χ4v) is 1.69. The molecule has 1 aromatic heterocycles. The Hall–Kier alpha value is -0.910. The molecule has 2 rings (SSSR count).